The molecule has 2 aromatic carbocycles. The maximum absolute atomic E-state index is 13.1. The number of allylic oxidation sites excluding steroid dienone is 4. The lowest BCUT2D eigenvalue weighted by molar-refractivity contribution is -0.141. The Kier molecular flexibility index (Phi) is 9.81. The number of para-hydroxylation sites is 1. The van der Waals surface area contributed by atoms with Crippen molar-refractivity contribution in [3.63, 3.8) is 0 Å². The summed E-state index contributed by atoms with van der Waals surface area (Å²) in [6.07, 6.45) is 9.64. The monoisotopic (exact) mass is 489 g/mol. The van der Waals surface area contributed by atoms with Crippen molar-refractivity contribution in [2.75, 3.05) is 0 Å². The highest BCUT2D eigenvalue weighted by molar-refractivity contribution is 5.79. The molecule has 1 atom stereocenters. The minimum Gasteiger partial charge on any atom is -0.512 e. The molecule has 0 spiro atoms. The van der Waals surface area contributed by atoms with Crippen LogP contribution in [-0.4, -0.2) is 21.2 Å². The number of hydrogen-bond acceptors (Lipinski definition) is 4. The van der Waals surface area contributed by atoms with Crippen molar-refractivity contribution in [2.24, 2.45) is 5.92 Å². The number of hydrogen-bond donors (Lipinski definition) is 2. The maximum Gasteiger partial charge on any atom is 0.306 e. The predicted octanol–water partition coefficient (Wildman–Crippen LogP) is 7.21. The van der Waals surface area contributed by atoms with Crippen LogP contribution in [0.25, 0.3) is 10.9 Å². The van der Waals surface area contributed by atoms with Crippen LogP contribution in [0.3, 0.4) is 0 Å². The first-order valence-electron chi connectivity index (χ1n) is 12.1. The first-order valence-corrected chi connectivity index (χ1v) is 12.1. The fourth-order valence-corrected chi connectivity index (χ4v) is 3.91. The van der Waals surface area contributed by atoms with Gasteiger partial charge < -0.3 is 14.9 Å². The highest BCUT2D eigenvalue weighted by Gasteiger charge is 2.18. The van der Waals surface area contributed by atoms with Gasteiger partial charge >= 0.3 is 5.97 Å². The van der Waals surface area contributed by atoms with E-state index in [2.05, 4.69) is 4.98 Å². The molecule has 0 aliphatic heterocycles. The van der Waals surface area contributed by atoms with Gasteiger partial charge in [-0.05, 0) is 49.1 Å². The number of ether oxygens (including phenoxy) is 1. The molecule has 4 rings (SSSR count). The van der Waals surface area contributed by atoms with E-state index >= 15 is 0 Å². The topological polar surface area (TPSA) is 79.7 Å². The summed E-state index contributed by atoms with van der Waals surface area (Å²) in [5.74, 6) is -0.523. The summed E-state index contributed by atoms with van der Waals surface area (Å²) in [4.78, 5) is 15.5. The minimum absolute atomic E-state index is 0.254. The van der Waals surface area contributed by atoms with E-state index in [0.717, 1.165) is 28.6 Å². The average molecular weight is 490 g/mol. The molecule has 2 N–H and O–H groups in total. The van der Waals surface area contributed by atoms with Gasteiger partial charge in [-0.1, -0.05) is 68.0 Å². The van der Waals surface area contributed by atoms with Gasteiger partial charge in [0.15, 0.2) is 0 Å². The van der Waals surface area contributed by atoms with E-state index < -0.39 is 5.97 Å². The molecule has 5 nitrogen and oxygen atoms in total. The van der Waals surface area contributed by atoms with E-state index in [1.807, 2.05) is 74.5 Å². The molecule has 0 saturated heterocycles. The summed E-state index contributed by atoms with van der Waals surface area (Å²) < 4.78 is 18.9. The summed E-state index contributed by atoms with van der Waals surface area (Å²) >= 11 is 0. The van der Waals surface area contributed by atoms with Crippen molar-refractivity contribution < 1.29 is 24.1 Å². The Bertz CT molecular complexity index is 1280. The Morgan fingerprint density at radius 1 is 1.11 bits per heavy atom. The lowest BCUT2D eigenvalue weighted by Gasteiger charge is -2.15. The fraction of sp³-hybridized carbons (Fsp3) is 0.267. The number of aliphatic hydroxyl groups is 1. The molecule has 0 saturated carbocycles. The summed E-state index contributed by atoms with van der Waals surface area (Å²) in [5, 5.41) is 19.9. The summed E-state index contributed by atoms with van der Waals surface area (Å²) in [5.41, 5.74) is 3.27. The zero-order valence-corrected chi connectivity index (χ0v) is 20.7. The number of rotatable bonds is 8. The number of carboxylic acid groups (broad SMARTS) is 1. The normalized spacial score (nSPS) is 13.6. The number of nitrogens with zero attached hydrogens (tertiary/aromatic N) is 1. The van der Waals surface area contributed by atoms with Crippen molar-refractivity contribution in [3.05, 3.63) is 113 Å². The van der Waals surface area contributed by atoms with Crippen molar-refractivity contribution in [3.8, 4) is 0 Å². The molecule has 1 aliphatic carbocycles. The maximum atomic E-state index is 13.1. The number of halogens is 1. The number of carboxylic acids is 1. The van der Waals surface area contributed by atoms with Crippen LogP contribution in [0.5, 0.6) is 0 Å². The molecular formula is C30H32FNO4. The number of aromatic nitrogens is 1. The van der Waals surface area contributed by atoms with Crippen LogP contribution in [-0.2, 0) is 22.6 Å². The third-order valence-electron chi connectivity index (χ3n) is 5.81. The first kappa shape index (κ1) is 26.7. The van der Waals surface area contributed by atoms with Gasteiger partial charge in [-0.3, -0.25) is 9.78 Å². The van der Waals surface area contributed by atoms with Crippen LogP contribution < -0.4 is 0 Å². The van der Waals surface area contributed by atoms with Crippen LogP contribution in [0, 0.1) is 18.7 Å². The highest BCUT2D eigenvalue weighted by Crippen LogP contribution is 2.21. The average Bonchev–Trinajstić information content (AvgIpc) is 3.08. The summed E-state index contributed by atoms with van der Waals surface area (Å²) in [7, 11) is 0. The van der Waals surface area contributed by atoms with Crippen LogP contribution in [0.2, 0.25) is 0 Å². The predicted molar refractivity (Wildman–Crippen MR) is 140 cm³/mol. The van der Waals surface area contributed by atoms with E-state index in [1.54, 1.807) is 12.1 Å². The van der Waals surface area contributed by atoms with Gasteiger partial charge in [0, 0.05) is 23.6 Å². The van der Waals surface area contributed by atoms with Crippen molar-refractivity contribution in [1.29, 1.82) is 0 Å². The van der Waals surface area contributed by atoms with Crippen molar-refractivity contribution in [2.45, 2.75) is 46.1 Å². The van der Waals surface area contributed by atoms with E-state index in [0.29, 0.717) is 37.1 Å². The van der Waals surface area contributed by atoms with Crippen LogP contribution >= 0.6 is 0 Å². The number of aliphatic carboxylic acids is 1. The Balaban J connectivity index is 0.000000249. The van der Waals surface area contributed by atoms with Gasteiger partial charge in [0.1, 0.15) is 23.7 Å². The van der Waals surface area contributed by atoms with Gasteiger partial charge in [-0.25, -0.2) is 4.39 Å². The molecule has 0 fully saturated rings. The SMILES string of the molecule is CCCC(Cc1ccccc1COC1=CC=CCC(O)=C1)C(=O)O.Cc1ccc2cccc(F)c2n1. The molecule has 0 amide bonds. The van der Waals surface area contributed by atoms with Crippen LogP contribution in [0.1, 0.15) is 43.0 Å². The Hall–Kier alpha value is -3.93. The molecule has 3 aromatic rings. The second-order valence-electron chi connectivity index (χ2n) is 8.69. The molecule has 1 unspecified atom stereocenters. The second kappa shape index (κ2) is 13.2. The molecule has 36 heavy (non-hydrogen) atoms. The molecule has 1 aliphatic rings. The smallest absolute Gasteiger partial charge is 0.306 e. The quantitative estimate of drug-likeness (QED) is 0.349. The van der Waals surface area contributed by atoms with Gasteiger partial charge in [0.2, 0.25) is 0 Å². The zero-order valence-electron chi connectivity index (χ0n) is 20.7. The number of benzene rings is 2. The number of carbonyl (C=O) groups is 1. The number of aryl methyl sites for hydroxylation is 1. The Morgan fingerprint density at radius 3 is 2.64 bits per heavy atom. The zero-order chi connectivity index (χ0) is 25.9. The highest BCUT2D eigenvalue weighted by atomic mass is 19.1. The molecule has 6 heteroatoms. The van der Waals surface area contributed by atoms with Gasteiger partial charge in [-0.15, -0.1) is 0 Å². The standard InChI is InChI=1S/C20H24O4.C10H8FN/c1-2-7-16(20(22)23)12-15-8-3-4-9-17(15)14-24-19-11-6-5-10-18(21)13-19;1-7-5-6-8-3-2-4-9(11)10(8)12-7/h3-6,8-9,11,13,16,21H,2,7,10,12,14H2,1H3,(H,22,23);2-6H,1H3. The molecule has 0 radical (unpaired) electrons. The van der Waals surface area contributed by atoms with Crippen LogP contribution in [0.4, 0.5) is 4.39 Å². The number of aliphatic hydroxyl groups excluding tert-OH is 1. The molecule has 1 aromatic heterocycles. The summed E-state index contributed by atoms with van der Waals surface area (Å²) in [6.45, 7) is 4.19. The van der Waals surface area contributed by atoms with Crippen molar-refractivity contribution >= 4 is 16.9 Å². The lowest BCUT2D eigenvalue weighted by atomic mass is 9.92. The molecular weight excluding hydrogens is 457 g/mol. The van der Waals surface area contributed by atoms with E-state index in [4.69, 9.17) is 4.74 Å². The van der Waals surface area contributed by atoms with E-state index in [1.165, 1.54) is 6.07 Å². The van der Waals surface area contributed by atoms with E-state index in [-0.39, 0.29) is 17.5 Å². The minimum atomic E-state index is -0.753. The van der Waals surface area contributed by atoms with E-state index in [9.17, 15) is 19.4 Å². The fourth-order valence-electron chi connectivity index (χ4n) is 3.91. The van der Waals surface area contributed by atoms with Gasteiger partial charge in [0.25, 0.3) is 0 Å². The van der Waals surface area contributed by atoms with Crippen LogP contribution in [0.15, 0.2) is 90.4 Å². The Labute approximate surface area is 211 Å². The Morgan fingerprint density at radius 2 is 1.89 bits per heavy atom. The molecule has 0 bridgehead atoms. The third kappa shape index (κ3) is 7.80. The lowest BCUT2D eigenvalue weighted by Crippen LogP contribution is -2.17. The van der Waals surface area contributed by atoms with Crippen molar-refractivity contribution in [1.82, 2.24) is 4.98 Å². The second-order valence-corrected chi connectivity index (χ2v) is 8.69. The molecule has 1 heterocycles. The largest absolute Gasteiger partial charge is 0.512 e. The van der Waals surface area contributed by atoms with Gasteiger partial charge in [0.05, 0.1) is 11.7 Å². The van der Waals surface area contributed by atoms with Gasteiger partial charge in [-0.2, -0.15) is 0 Å². The number of fused-ring (bicyclic) bond motifs is 1. The number of pyridine rings is 1. The third-order valence-corrected chi connectivity index (χ3v) is 5.81. The molecule has 188 valence electrons. The first-order chi connectivity index (χ1) is 17.4. The summed E-state index contributed by atoms with van der Waals surface area (Å²) in [6, 6.07) is 16.5.